The zero-order chi connectivity index (χ0) is 21.4. The van der Waals surface area contributed by atoms with Crippen LogP contribution >= 0.6 is 0 Å². The molecule has 7 nitrogen and oxygen atoms in total. The SMILES string of the molecule is CCNC(=O)c1cccc(CN=C(NCC)NC(C)Cc2c(C)nn(C)c2C)c1. The fraction of sp³-hybridized carbons (Fsp3) is 0.500. The summed E-state index contributed by atoms with van der Waals surface area (Å²) in [5, 5.41) is 14.1. The topological polar surface area (TPSA) is 83.3 Å². The lowest BCUT2D eigenvalue weighted by atomic mass is 10.1. The lowest BCUT2D eigenvalue weighted by molar-refractivity contribution is 0.0955. The van der Waals surface area contributed by atoms with E-state index < -0.39 is 0 Å². The van der Waals surface area contributed by atoms with Gasteiger partial charge in [0.1, 0.15) is 0 Å². The number of aryl methyl sites for hydroxylation is 2. The summed E-state index contributed by atoms with van der Waals surface area (Å²) in [5.41, 5.74) is 5.20. The first-order valence-corrected chi connectivity index (χ1v) is 10.3. The number of nitrogens with one attached hydrogen (secondary N) is 3. The molecular weight excluding hydrogens is 364 g/mol. The smallest absolute Gasteiger partial charge is 0.251 e. The Balaban J connectivity index is 2.06. The minimum absolute atomic E-state index is 0.0563. The van der Waals surface area contributed by atoms with Crippen molar-refractivity contribution in [3.8, 4) is 0 Å². The van der Waals surface area contributed by atoms with Crippen LogP contribution in [0.3, 0.4) is 0 Å². The van der Waals surface area contributed by atoms with Crippen LogP contribution < -0.4 is 16.0 Å². The first-order chi connectivity index (χ1) is 13.8. The molecule has 2 aromatic rings. The number of amides is 1. The van der Waals surface area contributed by atoms with Gasteiger partial charge < -0.3 is 16.0 Å². The van der Waals surface area contributed by atoms with Gasteiger partial charge >= 0.3 is 0 Å². The van der Waals surface area contributed by atoms with Crippen molar-refractivity contribution in [2.45, 2.75) is 53.6 Å². The van der Waals surface area contributed by atoms with Crippen molar-refractivity contribution < 1.29 is 4.79 Å². The van der Waals surface area contributed by atoms with E-state index in [1.165, 1.54) is 11.3 Å². The van der Waals surface area contributed by atoms with Crippen LogP contribution in [0.15, 0.2) is 29.3 Å². The first kappa shape index (κ1) is 22.5. The Morgan fingerprint density at radius 2 is 1.93 bits per heavy atom. The van der Waals surface area contributed by atoms with Crippen molar-refractivity contribution in [1.82, 2.24) is 25.7 Å². The highest BCUT2D eigenvalue weighted by Crippen LogP contribution is 2.14. The van der Waals surface area contributed by atoms with Gasteiger partial charge in [0.2, 0.25) is 0 Å². The Morgan fingerprint density at radius 3 is 2.55 bits per heavy atom. The van der Waals surface area contributed by atoms with E-state index in [-0.39, 0.29) is 11.9 Å². The van der Waals surface area contributed by atoms with Crippen molar-refractivity contribution in [2.24, 2.45) is 12.0 Å². The number of carbonyl (C=O) groups excluding carboxylic acids is 1. The molecule has 1 amide bonds. The molecule has 0 radical (unpaired) electrons. The molecule has 1 atom stereocenters. The van der Waals surface area contributed by atoms with E-state index in [1.807, 2.05) is 49.8 Å². The molecule has 0 aliphatic heterocycles. The fourth-order valence-corrected chi connectivity index (χ4v) is 3.27. The Kier molecular flexibility index (Phi) is 8.24. The van der Waals surface area contributed by atoms with Gasteiger partial charge in [0.25, 0.3) is 5.91 Å². The maximum absolute atomic E-state index is 12.0. The molecule has 3 N–H and O–H groups in total. The third-order valence-corrected chi connectivity index (χ3v) is 4.84. The molecule has 0 spiro atoms. The van der Waals surface area contributed by atoms with Crippen LogP contribution in [-0.4, -0.2) is 40.8 Å². The third kappa shape index (κ3) is 6.34. The molecule has 2 rings (SSSR count). The lowest BCUT2D eigenvalue weighted by Gasteiger charge is -2.18. The summed E-state index contributed by atoms with van der Waals surface area (Å²) in [6.45, 7) is 12.2. The summed E-state index contributed by atoms with van der Waals surface area (Å²) in [5.74, 6) is 0.710. The molecule has 1 unspecified atom stereocenters. The summed E-state index contributed by atoms with van der Waals surface area (Å²) in [7, 11) is 1.98. The van der Waals surface area contributed by atoms with Crippen molar-refractivity contribution in [1.29, 1.82) is 0 Å². The Hall–Kier alpha value is -2.83. The van der Waals surface area contributed by atoms with E-state index >= 15 is 0 Å². The average molecular weight is 399 g/mol. The number of benzene rings is 1. The largest absolute Gasteiger partial charge is 0.357 e. The van der Waals surface area contributed by atoms with E-state index in [4.69, 9.17) is 4.99 Å². The van der Waals surface area contributed by atoms with Gasteiger partial charge in [-0.3, -0.25) is 9.48 Å². The maximum atomic E-state index is 12.0. The highest BCUT2D eigenvalue weighted by Gasteiger charge is 2.14. The zero-order valence-corrected chi connectivity index (χ0v) is 18.5. The van der Waals surface area contributed by atoms with Crippen LogP contribution in [-0.2, 0) is 20.0 Å². The summed E-state index contributed by atoms with van der Waals surface area (Å²) in [4.78, 5) is 16.7. The Morgan fingerprint density at radius 1 is 1.21 bits per heavy atom. The number of hydrogen-bond donors (Lipinski definition) is 3. The minimum Gasteiger partial charge on any atom is -0.357 e. The number of aliphatic imine (C=N–C) groups is 1. The number of rotatable bonds is 8. The number of hydrogen-bond acceptors (Lipinski definition) is 3. The molecule has 7 heteroatoms. The van der Waals surface area contributed by atoms with E-state index in [9.17, 15) is 4.79 Å². The Labute approximate surface area is 174 Å². The standard InChI is InChI=1S/C22H34N6O/c1-7-23-21(29)19-11-9-10-18(13-19)14-25-22(24-8-2)26-15(3)12-20-16(4)27-28(6)17(20)5/h9-11,13,15H,7-8,12,14H2,1-6H3,(H,23,29)(H2,24,25,26). The average Bonchev–Trinajstić information content (AvgIpc) is 2.92. The van der Waals surface area contributed by atoms with Crippen molar-refractivity contribution in [3.63, 3.8) is 0 Å². The molecule has 29 heavy (non-hydrogen) atoms. The van der Waals surface area contributed by atoms with Crippen molar-refractivity contribution >= 4 is 11.9 Å². The number of carbonyl (C=O) groups is 1. The summed E-state index contributed by atoms with van der Waals surface area (Å²) < 4.78 is 1.93. The maximum Gasteiger partial charge on any atom is 0.251 e. The fourth-order valence-electron chi connectivity index (χ4n) is 3.27. The normalized spacial score (nSPS) is 12.6. The van der Waals surface area contributed by atoms with Gasteiger partial charge in [0.05, 0.1) is 12.2 Å². The number of aromatic nitrogens is 2. The quantitative estimate of drug-likeness (QED) is 0.471. The molecule has 0 saturated heterocycles. The van der Waals surface area contributed by atoms with Gasteiger partial charge in [-0.2, -0.15) is 5.10 Å². The highest BCUT2D eigenvalue weighted by molar-refractivity contribution is 5.94. The van der Waals surface area contributed by atoms with E-state index in [1.54, 1.807) is 0 Å². The van der Waals surface area contributed by atoms with E-state index in [0.717, 1.165) is 30.2 Å². The van der Waals surface area contributed by atoms with Gasteiger partial charge in [-0.05, 0) is 64.3 Å². The minimum atomic E-state index is -0.0563. The van der Waals surface area contributed by atoms with Gasteiger partial charge in [-0.15, -0.1) is 0 Å². The second-order valence-electron chi connectivity index (χ2n) is 7.28. The molecule has 0 aliphatic carbocycles. The van der Waals surface area contributed by atoms with Gasteiger partial charge in [-0.25, -0.2) is 4.99 Å². The van der Waals surface area contributed by atoms with E-state index in [0.29, 0.717) is 18.7 Å². The summed E-state index contributed by atoms with van der Waals surface area (Å²) >= 11 is 0. The van der Waals surface area contributed by atoms with Crippen LogP contribution in [0, 0.1) is 13.8 Å². The van der Waals surface area contributed by atoms with Crippen LogP contribution in [0.5, 0.6) is 0 Å². The predicted molar refractivity (Wildman–Crippen MR) is 118 cm³/mol. The molecule has 0 bridgehead atoms. The monoisotopic (exact) mass is 398 g/mol. The molecule has 0 aliphatic rings. The van der Waals surface area contributed by atoms with Gasteiger partial charge in [0.15, 0.2) is 5.96 Å². The number of guanidine groups is 1. The van der Waals surface area contributed by atoms with Crippen LogP contribution in [0.1, 0.15) is 53.6 Å². The van der Waals surface area contributed by atoms with Crippen LogP contribution in [0.25, 0.3) is 0 Å². The van der Waals surface area contributed by atoms with Crippen molar-refractivity contribution in [3.05, 3.63) is 52.3 Å². The third-order valence-electron chi connectivity index (χ3n) is 4.84. The molecule has 0 fully saturated rings. The van der Waals surface area contributed by atoms with Crippen LogP contribution in [0.2, 0.25) is 0 Å². The first-order valence-electron chi connectivity index (χ1n) is 10.3. The lowest BCUT2D eigenvalue weighted by Crippen LogP contribution is -2.43. The number of nitrogens with zero attached hydrogens (tertiary/aromatic N) is 3. The second-order valence-corrected chi connectivity index (χ2v) is 7.28. The van der Waals surface area contributed by atoms with Crippen LogP contribution in [0.4, 0.5) is 0 Å². The van der Waals surface area contributed by atoms with Crippen molar-refractivity contribution in [2.75, 3.05) is 13.1 Å². The van der Waals surface area contributed by atoms with Gasteiger partial charge in [-0.1, -0.05) is 12.1 Å². The molecule has 1 aromatic heterocycles. The molecule has 1 heterocycles. The molecule has 1 aromatic carbocycles. The predicted octanol–water partition coefficient (Wildman–Crippen LogP) is 2.47. The summed E-state index contributed by atoms with van der Waals surface area (Å²) in [6.07, 6.45) is 0.878. The summed E-state index contributed by atoms with van der Waals surface area (Å²) in [6, 6.07) is 7.80. The van der Waals surface area contributed by atoms with Gasteiger partial charge in [0, 0.05) is 37.4 Å². The zero-order valence-electron chi connectivity index (χ0n) is 18.5. The molecular formula is C22H34N6O. The molecule has 0 saturated carbocycles. The Bertz CT molecular complexity index is 855. The molecule has 158 valence electrons. The van der Waals surface area contributed by atoms with E-state index in [2.05, 4.69) is 41.8 Å². The highest BCUT2D eigenvalue weighted by atomic mass is 16.1. The second kappa shape index (κ2) is 10.6.